The number of methoxy groups -OCH3 is 1. The lowest BCUT2D eigenvalue weighted by Gasteiger charge is -2.18. The minimum absolute atomic E-state index is 0.687. The molecular weight excluding hydrogens is 262 g/mol. The van der Waals surface area contributed by atoms with Crippen molar-refractivity contribution in [3.8, 4) is 0 Å². The van der Waals surface area contributed by atoms with Gasteiger partial charge in [0.1, 0.15) is 5.82 Å². The lowest BCUT2D eigenvalue weighted by Crippen LogP contribution is -2.23. The maximum absolute atomic E-state index is 5.12. The van der Waals surface area contributed by atoms with Crippen LogP contribution in [0.2, 0.25) is 0 Å². The van der Waals surface area contributed by atoms with E-state index in [0.29, 0.717) is 6.61 Å². The van der Waals surface area contributed by atoms with Crippen molar-refractivity contribution < 1.29 is 4.74 Å². The van der Waals surface area contributed by atoms with Crippen molar-refractivity contribution in [3.05, 3.63) is 59.3 Å². The van der Waals surface area contributed by atoms with Gasteiger partial charge in [-0.25, -0.2) is 4.98 Å². The summed E-state index contributed by atoms with van der Waals surface area (Å²) < 4.78 is 5.12. The Bertz CT molecular complexity index is 667. The van der Waals surface area contributed by atoms with E-state index in [1.165, 1.54) is 11.1 Å². The lowest BCUT2D eigenvalue weighted by molar-refractivity contribution is 0.206. The van der Waals surface area contributed by atoms with Crippen LogP contribution >= 0.6 is 0 Å². The molecule has 3 rings (SSSR count). The number of anilines is 1. The van der Waals surface area contributed by atoms with Crippen LogP contribution in [0.25, 0.3) is 0 Å². The van der Waals surface area contributed by atoms with Crippen molar-refractivity contribution in [2.75, 3.05) is 32.2 Å². The predicted octanol–water partition coefficient (Wildman–Crippen LogP) is 2.52. The van der Waals surface area contributed by atoms with Crippen LogP contribution in [0, 0.1) is 0 Å². The maximum Gasteiger partial charge on any atom is 0.128 e. The number of ether oxygens (including phenoxy) is 1. The molecule has 1 aromatic carbocycles. The average Bonchev–Trinajstić information content (AvgIpc) is 2.97. The summed E-state index contributed by atoms with van der Waals surface area (Å²) in [6.07, 6.45) is 1.84. The van der Waals surface area contributed by atoms with Gasteiger partial charge in [0.15, 0.2) is 0 Å². The van der Waals surface area contributed by atoms with Crippen LogP contribution in [0.4, 0.5) is 5.82 Å². The molecule has 21 heavy (non-hydrogen) atoms. The Morgan fingerprint density at radius 3 is 2.95 bits per heavy atom. The highest BCUT2D eigenvalue weighted by Gasteiger charge is 2.17. The van der Waals surface area contributed by atoms with Crippen molar-refractivity contribution in [1.82, 2.24) is 4.98 Å². The molecule has 1 aliphatic heterocycles. The highest BCUT2D eigenvalue weighted by molar-refractivity contribution is 6.15. The average molecular weight is 281 g/mol. The number of benzene rings is 1. The van der Waals surface area contributed by atoms with Crippen LogP contribution in [0.3, 0.4) is 0 Å². The zero-order valence-corrected chi connectivity index (χ0v) is 12.4. The van der Waals surface area contributed by atoms with Crippen molar-refractivity contribution in [2.24, 2.45) is 4.99 Å². The number of nitrogens with zero attached hydrogens (tertiary/aromatic N) is 3. The first-order valence-corrected chi connectivity index (χ1v) is 7.09. The molecule has 0 N–H and O–H groups in total. The second kappa shape index (κ2) is 6.06. The molecule has 2 heterocycles. The first kappa shape index (κ1) is 13.8. The summed E-state index contributed by atoms with van der Waals surface area (Å²) in [6.45, 7) is 2.27. The van der Waals surface area contributed by atoms with E-state index in [0.717, 1.165) is 30.2 Å². The van der Waals surface area contributed by atoms with Crippen molar-refractivity contribution in [1.29, 1.82) is 0 Å². The van der Waals surface area contributed by atoms with E-state index in [4.69, 9.17) is 4.74 Å². The molecule has 0 spiro atoms. The van der Waals surface area contributed by atoms with E-state index in [1.807, 2.05) is 19.3 Å². The fourth-order valence-corrected chi connectivity index (χ4v) is 2.50. The lowest BCUT2D eigenvalue weighted by atomic mass is 10.0. The molecular formula is C17H19N3O. The predicted molar refractivity (Wildman–Crippen MR) is 85.2 cm³/mol. The van der Waals surface area contributed by atoms with Gasteiger partial charge >= 0.3 is 0 Å². The molecule has 0 saturated carbocycles. The number of hydrogen-bond donors (Lipinski definition) is 0. The van der Waals surface area contributed by atoms with E-state index in [-0.39, 0.29) is 0 Å². The summed E-state index contributed by atoms with van der Waals surface area (Å²) >= 11 is 0. The quantitative estimate of drug-likeness (QED) is 0.845. The maximum atomic E-state index is 5.12. The zero-order chi connectivity index (χ0) is 14.7. The van der Waals surface area contributed by atoms with Crippen molar-refractivity contribution >= 4 is 11.5 Å². The smallest absolute Gasteiger partial charge is 0.128 e. The molecule has 4 heteroatoms. The van der Waals surface area contributed by atoms with Gasteiger partial charge in [0.2, 0.25) is 0 Å². The Labute approximate surface area is 125 Å². The Morgan fingerprint density at radius 2 is 2.10 bits per heavy atom. The molecule has 1 aliphatic rings. The molecule has 4 nitrogen and oxygen atoms in total. The van der Waals surface area contributed by atoms with E-state index in [1.54, 1.807) is 7.11 Å². The van der Waals surface area contributed by atoms with Gasteiger partial charge in [0.05, 0.1) is 18.9 Å². The van der Waals surface area contributed by atoms with Gasteiger partial charge in [0.25, 0.3) is 0 Å². The summed E-state index contributed by atoms with van der Waals surface area (Å²) in [7, 11) is 3.73. The monoisotopic (exact) mass is 281 g/mol. The van der Waals surface area contributed by atoms with Gasteiger partial charge in [-0.1, -0.05) is 24.3 Å². The van der Waals surface area contributed by atoms with Gasteiger partial charge in [-0.05, 0) is 17.7 Å². The number of aliphatic imine (C=N–C) groups is 1. The van der Waals surface area contributed by atoms with Gasteiger partial charge in [-0.2, -0.15) is 0 Å². The van der Waals surface area contributed by atoms with Crippen LogP contribution in [0.1, 0.15) is 16.7 Å². The van der Waals surface area contributed by atoms with E-state index in [2.05, 4.69) is 45.2 Å². The first-order valence-electron chi connectivity index (χ1n) is 7.09. The second-order valence-corrected chi connectivity index (χ2v) is 5.14. The number of rotatable bonds is 5. The van der Waals surface area contributed by atoms with Crippen LogP contribution in [0.5, 0.6) is 0 Å². The highest BCUT2D eigenvalue weighted by Crippen LogP contribution is 2.24. The SMILES string of the molecule is COCCN(C)c1cc(C2=NCc3ccccc32)ccn1. The minimum atomic E-state index is 0.687. The number of hydrogen-bond acceptors (Lipinski definition) is 4. The van der Waals surface area contributed by atoms with Crippen molar-refractivity contribution in [3.63, 3.8) is 0 Å². The molecule has 0 fully saturated rings. The fraction of sp³-hybridized carbons (Fsp3) is 0.294. The molecule has 2 aromatic rings. The number of aromatic nitrogens is 1. The molecule has 0 radical (unpaired) electrons. The van der Waals surface area contributed by atoms with Gasteiger partial charge in [0, 0.05) is 38.0 Å². The van der Waals surface area contributed by atoms with Crippen LogP contribution < -0.4 is 4.90 Å². The molecule has 0 amide bonds. The standard InChI is InChI=1S/C17H19N3O/c1-20(9-10-21-2)16-11-13(7-8-18-16)17-15-6-4-3-5-14(15)12-19-17/h3-8,11H,9-10,12H2,1-2H3. The largest absolute Gasteiger partial charge is 0.383 e. The van der Waals surface area contributed by atoms with Crippen LogP contribution in [0.15, 0.2) is 47.6 Å². The van der Waals surface area contributed by atoms with Crippen LogP contribution in [-0.4, -0.2) is 38.0 Å². The first-order chi connectivity index (χ1) is 10.3. The Hall–Kier alpha value is -2.20. The summed E-state index contributed by atoms with van der Waals surface area (Å²) in [5, 5.41) is 0. The summed E-state index contributed by atoms with van der Waals surface area (Å²) in [5.41, 5.74) is 4.71. The zero-order valence-electron chi connectivity index (χ0n) is 12.4. The molecule has 0 saturated heterocycles. The normalized spacial score (nSPS) is 13.0. The van der Waals surface area contributed by atoms with Crippen molar-refractivity contribution in [2.45, 2.75) is 6.54 Å². The second-order valence-electron chi connectivity index (χ2n) is 5.14. The molecule has 108 valence electrons. The highest BCUT2D eigenvalue weighted by atomic mass is 16.5. The number of fused-ring (bicyclic) bond motifs is 1. The molecule has 0 unspecified atom stereocenters. The minimum Gasteiger partial charge on any atom is -0.383 e. The molecule has 1 aromatic heterocycles. The summed E-state index contributed by atoms with van der Waals surface area (Å²) in [6, 6.07) is 12.5. The third kappa shape index (κ3) is 2.81. The van der Waals surface area contributed by atoms with E-state index < -0.39 is 0 Å². The molecule has 0 atom stereocenters. The number of pyridine rings is 1. The summed E-state index contributed by atoms with van der Waals surface area (Å²) in [4.78, 5) is 11.2. The topological polar surface area (TPSA) is 37.7 Å². The Morgan fingerprint density at radius 1 is 1.24 bits per heavy atom. The fourth-order valence-electron chi connectivity index (χ4n) is 2.50. The van der Waals surface area contributed by atoms with E-state index in [9.17, 15) is 0 Å². The van der Waals surface area contributed by atoms with Gasteiger partial charge in [-0.15, -0.1) is 0 Å². The van der Waals surface area contributed by atoms with Gasteiger partial charge < -0.3 is 9.64 Å². The van der Waals surface area contributed by atoms with Gasteiger partial charge in [-0.3, -0.25) is 4.99 Å². The van der Waals surface area contributed by atoms with Crippen LogP contribution in [-0.2, 0) is 11.3 Å². The van der Waals surface area contributed by atoms with E-state index >= 15 is 0 Å². The third-order valence-corrected chi connectivity index (χ3v) is 3.72. The molecule has 0 bridgehead atoms. The molecule has 0 aliphatic carbocycles. The Kier molecular flexibility index (Phi) is 3.97. The third-order valence-electron chi connectivity index (χ3n) is 3.72. The number of likely N-dealkylation sites (N-methyl/N-ethyl adjacent to an activating group) is 1. The summed E-state index contributed by atoms with van der Waals surface area (Å²) in [5.74, 6) is 0.941. The Balaban J connectivity index is 1.88.